The highest BCUT2D eigenvalue weighted by Crippen LogP contribution is 2.38. The summed E-state index contributed by atoms with van der Waals surface area (Å²) in [6.07, 6.45) is 11.4. The molecule has 10 aromatic rings. The van der Waals surface area contributed by atoms with E-state index in [0.29, 0.717) is 44.7 Å². The summed E-state index contributed by atoms with van der Waals surface area (Å²) in [6.45, 7) is 21.2. The molecule has 0 unspecified atom stereocenters. The Morgan fingerprint density at radius 1 is 0.580 bits per heavy atom. The van der Waals surface area contributed by atoms with E-state index in [-0.39, 0.29) is 46.9 Å². The van der Waals surface area contributed by atoms with Crippen LogP contribution in [0.2, 0.25) is 0 Å². The Morgan fingerprint density at radius 3 is 1.47 bits per heavy atom. The number of aromatic nitrogens is 14. The van der Waals surface area contributed by atoms with E-state index in [0.717, 1.165) is 82.0 Å². The molecule has 26 heteroatoms. The minimum atomic E-state index is -0.578. The Labute approximate surface area is 516 Å². The number of fused-ring (bicyclic) bond motifs is 6. The number of carbonyl (C=O) groups excluding carboxylic acids is 2. The van der Waals surface area contributed by atoms with E-state index in [1.807, 2.05) is 166 Å². The summed E-state index contributed by atoms with van der Waals surface area (Å²) in [6, 6.07) is 19.4. The summed E-state index contributed by atoms with van der Waals surface area (Å²) in [7, 11) is 6.77. The number of benzene rings is 2. The van der Waals surface area contributed by atoms with Crippen molar-refractivity contribution in [3.63, 3.8) is 0 Å². The van der Waals surface area contributed by atoms with Crippen LogP contribution in [-0.4, -0.2) is 146 Å². The summed E-state index contributed by atoms with van der Waals surface area (Å²) in [5.74, 6) is 0. The highest BCUT2D eigenvalue weighted by Gasteiger charge is 2.52. The van der Waals surface area contributed by atoms with Crippen LogP contribution in [0.15, 0.2) is 112 Å². The van der Waals surface area contributed by atoms with E-state index >= 15 is 0 Å². The summed E-state index contributed by atoms with van der Waals surface area (Å²) < 4.78 is 34.2. The van der Waals surface area contributed by atoms with Gasteiger partial charge in [-0.25, -0.2) is 19.2 Å². The van der Waals surface area contributed by atoms with Crippen molar-refractivity contribution >= 4 is 84.6 Å². The van der Waals surface area contributed by atoms with Gasteiger partial charge in [0.2, 0.25) is 0 Å². The Balaban J connectivity index is 0.000000144. The van der Waals surface area contributed by atoms with Gasteiger partial charge in [-0.15, -0.1) is 10.2 Å². The second-order valence-electron chi connectivity index (χ2n) is 25.6. The fourth-order valence-electron chi connectivity index (χ4n) is 11.1. The third-order valence-electron chi connectivity index (χ3n) is 16.3. The average Bonchev–Trinajstić information content (AvgIpc) is 1.68. The van der Waals surface area contributed by atoms with Crippen molar-refractivity contribution in [2.45, 2.75) is 117 Å². The van der Waals surface area contributed by atoms with E-state index < -0.39 is 18.3 Å². The van der Waals surface area contributed by atoms with E-state index in [1.54, 1.807) is 61.0 Å². The normalized spacial score (nSPS) is 17.4. The van der Waals surface area contributed by atoms with Crippen molar-refractivity contribution < 1.29 is 28.4 Å². The topological polar surface area (TPSA) is 244 Å². The number of pyridine rings is 4. The van der Waals surface area contributed by atoms with Crippen LogP contribution < -0.4 is 16.8 Å². The largest absolute Gasteiger partial charge is 0.496 e. The molecule has 0 aliphatic carbocycles. The minimum Gasteiger partial charge on any atom is -0.444 e. The van der Waals surface area contributed by atoms with Crippen LogP contribution in [0.3, 0.4) is 0 Å². The monoisotopic (exact) mass is 1260 g/mol. The lowest BCUT2D eigenvalue weighted by Crippen LogP contribution is -2.41. The Bertz CT molecular complexity index is 4400. The number of aryl methyl sites for hydroxylation is 4. The van der Waals surface area contributed by atoms with Gasteiger partial charge in [0, 0.05) is 93.0 Å². The number of likely N-dealkylation sites (tertiary alicyclic amines) is 2. The van der Waals surface area contributed by atoms with E-state index in [9.17, 15) is 19.2 Å². The number of halogens is 1. The number of rotatable bonds is 6. The maximum atomic E-state index is 13.5. The zero-order valence-corrected chi connectivity index (χ0v) is 53.6. The first-order valence-electron chi connectivity index (χ1n) is 29.1. The van der Waals surface area contributed by atoms with Gasteiger partial charge in [0.1, 0.15) is 22.6 Å². The van der Waals surface area contributed by atoms with Crippen molar-refractivity contribution in [3.8, 4) is 33.9 Å². The third kappa shape index (κ3) is 12.2. The summed E-state index contributed by atoms with van der Waals surface area (Å²) in [5.41, 5.74) is 8.55. The number of carbonyl (C=O) groups is 2. The quantitative estimate of drug-likeness (QED) is 0.141. The molecular weight excluding hydrogens is 1190 g/mol. The van der Waals surface area contributed by atoms with Gasteiger partial charge in [0.25, 0.3) is 0 Å². The average molecular weight is 1260 g/mol. The summed E-state index contributed by atoms with van der Waals surface area (Å²) in [5, 5.41) is 17.9. The molecule has 3 saturated heterocycles. The molecule has 0 saturated carbocycles. The van der Waals surface area contributed by atoms with Crippen LogP contribution in [0, 0.1) is 0 Å². The molecule has 13 rings (SSSR count). The first-order valence-corrected chi connectivity index (χ1v) is 29.9. The fourth-order valence-corrected chi connectivity index (χ4v) is 11.5. The van der Waals surface area contributed by atoms with E-state index in [2.05, 4.69) is 62.6 Å². The van der Waals surface area contributed by atoms with Crippen molar-refractivity contribution in [1.29, 1.82) is 0 Å². The predicted molar refractivity (Wildman–Crippen MR) is 339 cm³/mol. The van der Waals surface area contributed by atoms with Gasteiger partial charge in [0.15, 0.2) is 0 Å². The number of hydrogen-bond acceptors (Lipinski definition) is 16. The van der Waals surface area contributed by atoms with E-state index in [4.69, 9.17) is 18.8 Å². The van der Waals surface area contributed by atoms with Gasteiger partial charge in [-0.1, -0.05) is 44.6 Å². The number of amides is 2. The molecule has 3 aliphatic heterocycles. The molecule has 2 amide bonds. The Morgan fingerprint density at radius 2 is 1.03 bits per heavy atom. The molecule has 3 aliphatic rings. The SMILES string of the molecule is Cn1c(=O)n([C@H]2CCN(C(=O)OC(C)(C)C)C2)c2c3cc(Br)ccc3ncc21.Cn1cc(-c2ccc(-c3ccc4ncc5c(c4c3)n([C@H]3CCN(C(=O)OC(C)(C)C)C3)c(=O)n5C)cn2)nn1.Cn1cc(-c2ccc(B3OC(C)(C)C(C)(C)O3)cn2)nn1. The zero-order chi connectivity index (χ0) is 62.9. The van der Waals surface area contributed by atoms with Crippen molar-refractivity contribution in [2.75, 3.05) is 26.2 Å². The molecule has 3 fully saturated rings. The minimum absolute atomic E-state index is 0.0969. The van der Waals surface area contributed by atoms with Crippen LogP contribution in [0.5, 0.6) is 0 Å². The molecule has 0 N–H and O–H groups in total. The molecule has 88 heavy (non-hydrogen) atoms. The highest BCUT2D eigenvalue weighted by atomic mass is 79.9. The molecule has 11 heterocycles. The third-order valence-corrected chi connectivity index (χ3v) is 16.8. The molecule has 24 nitrogen and oxygen atoms in total. The highest BCUT2D eigenvalue weighted by molar-refractivity contribution is 9.10. The Kier molecular flexibility index (Phi) is 16.1. The zero-order valence-electron chi connectivity index (χ0n) is 52.0. The fraction of sp³-hybridized carbons (Fsp3) is 0.419. The lowest BCUT2D eigenvalue weighted by molar-refractivity contribution is 0.00578. The van der Waals surface area contributed by atoms with Crippen LogP contribution in [0.25, 0.3) is 77.8 Å². The standard InChI is InChI=1S/C28H30N8O3.C20H23BrN4O3.C14H19BN4O2/c1-28(2,3)39-27(38)35-11-10-19(15-35)36-25-20-12-17(6-8-21(20)30-14-24(25)34(5)26(36)37)18-7-9-22(29-13-18)23-16-33(4)32-31-23;1-20(2,3)28-19(27)24-8-7-13(11-24)25-17-14-9-12(21)5-6-15(14)22-10-16(17)23(4)18(25)26;1-13(2)14(3,4)21-15(20-13)10-6-7-11(16-8-10)12-9-19(5)18-17-12/h6-9,12-14,16,19H,10-11,15H2,1-5H3;5-6,9-10,13H,7-8,11H2,1-4H3;6-9H,1-5H3/t19-;13-;/m00./s1. The smallest absolute Gasteiger partial charge is 0.444 e. The molecule has 458 valence electrons. The molecular formula is C62H72BBrN16O8. The number of imidazole rings is 2. The van der Waals surface area contributed by atoms with Crippen LogP contribution in [0.1, 0.15) is 94.2 Å². The molecule has 2 aromatic carbocycles. The second-order valence-corrected chi connectivity index (χ2v) is 26.5. The predicted octanol–water partition coefficient (Wildman–Crippen LogP) is 8.94. The lowest BCUT2D eigenvalue weighted by Gasteiger charge is -2.32. The van der Waals surface area contributed by atoms with Crippen LogP contribution in [-0.2, 0) is 47.0 Å². The number of ether oxygens (including phenoxy) is 2. The first kappa shape index (κ1) is 61.0. The van der Waals surface area contributed by atoms with Crippen LogP contribution in [0.4, 0.5) is 9.59 Å². The first-order chi connectivity index (χ1) is 41.5. The lowest BCUT2D eigenvalue weighted by atomic mass is 9.80. The maximum Gasteiger partial charge on any atom is 0.496 e. The molecule has 0 radical (unpaired) electrons. The molecule has 0 spiro atoms. The van der Waals surface area contributed by atoms with Crippen molar-refractivity contribution in [1.82, 2.24) is 78.0 Å². The van der Waals surface area contributed by atoms with Crippen molar-refractivity contribution in [3.05, 3.63) is 123 Å². The Hall–Kier alpha value is -8.62. The number of hydrogen-bond donors (Lipinski definition) is 0. The van der Waals surface area contributed by atoms with Gasteiger partial charge in [-0.2, -0.15) is 0 Å². The van der Waals surface area contributed by atoms with Gasteiger partial charge in [-0.3, -0.25) is 47.6 Å². The second kappa shape index (κ2) is 23.2. The van der Waals surface area contributed by atoms with Gasteiger partial charge in [0.05, 0.1) is 92.6 Å². The molecule has 0 bridgehead atoms. The van der Waals surface area contributed by atoms with Crippen molar-refractivity contribution in [2.24, 2.45) is 28.2 Å². The summed E-state index contributed by atoms with van der Waals surface area (Å²) in [4.78, 5) is 73.2. The maximum absolute atomic E-state index is 13.5. The van der Waals surface area contributed by atoms with Crippen LogP contribution >= 0.6 is 15.9 Å². The molecule has 2 atom stereocenters. The number of nitrogens with zero attached hydrogens (tertiary/aromatic N) is 16. The molecule has 8 aromatic heterocycles. The van der Waals surface area contributed by atoms with Gasteiger partial charge < -0.3 is 28.6 Å². The summed E-state index contributed by atoms with van der Waals surface area (Å²) >= 11 is 3.52. The van der Waals surface area contributed by atoms with E-state index in [1.165, 1.54) is 0 Å². The van der Waals surface area contributed by atoms with Gasteiger partial charge >= 0.3 is 30.7 Å². The van der Waals surface area contributed by atoms with Gasteiger partial charge in [-0.05, 0) is 130 Å².